The number of aryl methyl sites for hydroxylation is 1. The Labute approximate surface area is 126 Å². The minimum Gasteiger partial charge on any atom is -0.461 e. The second-order valence-corrected chi connectivity index (χ2v) is 6.43. The van der Waals surface area contributed by atoms with Crippen molar-refractivity contribution in [3.63, 3.8) is 0 Å². The molecule has 0 fully saturated rings. The van der Waals surface area contributed by atoms with E-state index in [1.807, 2.05) is 6.92 Å². The van der Waals surface area contributed by atoms with Crippen molar-refractivity contribution >= 4 is 21.1 Å². The van der Waals surface area contributed by atoms with E-state index in [4.69, 9.17) is 13.0 Å². The lowest BCUT2D eigenvalue weighted by Gasteiger charge is -2.08. The van der Waals surface area contributed by atoms with Crippen LogP contribution in [0.25, 0.3) is 22.5 Å². The summed E-state index contributed by atoms with van der Waals surface area (Å²) in [6.45, 7) is 1.85. The third kappa shape index (κ3) is 2.62. The maximum atomic E-state index is 12.5. The zero-order chi connectivity index (χ0) is 15.9. The quantitative estimate of drug-likeness (QED) is 0.690. The van der Waals surface area contributed by atoms with Crippen LogP contribution < -0.4 is 9.61 Å². The van der Waals surface area contributed by atoms with Gasteiger partial charge in [-0.15, -0.1) is 0 Å². The third-order valence-corrected chi connectivity index (χ3v) is 3.46. The predicted octanol–water partition coefficient (Wildman–Crippen LogP) is 2.70. The van der Waals surface area contributed by atoms with Crippen LogP contribution in [-0.2, 0) is 10.1 Å². The standard InChI is InChI=1S/C15H12O6S/c1-9-5-6-10-12(8-9)20-14(11-4-3-7-19-11)15(13(10)16)21-22(2,17)18/h3-8H,1-2H3. The molecular weight excluding hydrogens is 308 g/mol. The molecule has 0 aliphatic carbocycles. The normalized spacial score (nSPS) is 11.7. The number of hydrogen-bond donors (Lipinski definition) is 0. The Balaban J connectivity index is 2.39. The average Bonchev–Trinajstić information content (AvgIpc) is 2.94. The Hall–Kier alpha value is -2.54. The number of rotatable bonds is 3. The fourth-order valence-electron chi connectivity index (χ4n) is 2.08. The molecule has 0 saturated carbocycles. The molecule has 0 saturated heterocycles. The highest BCUT2D eigenvalue weighted by molar-refractivity contribution is 7.86. The van der Waals surface area contributed by atoms with Gasteiger partial charge in [0.2, 0.25) is 16.9 Å². The maximum Gasteiger partial charge on any atom is 0.306 e. The van der Waals surface area contributed by atoms with Gasteiger partial charge in [0.05, 0.1) is 17.9 Å². The van der Waals surface area contributed by atoms with Crippen LogP contribution in [0.1, 0.15) is 5.56 Å². The summed E-state index contributed by atoms with van der Waals surface area (Å²) in [5.41, 5.74) is 0.660. The molecular formula is C15H12O6S. The van der Waals surface area contributed by atoms with Gasteiger partial charge in [-0.25, -0.2) is 0 Å². The molecule has 0 atom stereocenters. The van der Waals surface area contributed by atoms with Crippen LogP contribution in [-0.4, -0.2) is 14.7 Å². The van der Waals surface area contributed by atoms with Crippen molar-refractivity contribution in [3.8, 4) is 17.3 Å². The molecule has 3 rings (SSSR count). The molecule has 2 heterocycles. The molecule has 0 aliphatic heterocycles. The highest BCUT2D eigenvalue weighted by atomic mass is 32.2. The molecule has 2 aromatic heterocycles. The molecule has 22 heavy (non-hydrogen) atoms. The summed E-state index contributed by atoms with van der Waals surface area (Å²) in [4.78, 5) is 12.5. The summed E-state index contributed by atoms with van der Waals surface area (Å²) in [7, 11) is -3.89. The molecule has 7 heteroatoms. The first-order valence-corrected chi connectivity index (χ1v) is 8.17. The molecule has 0 spiro atoms. The minimum absolute atomic E-state index is 0.0569. The minimum atomic E-state index is -3.89. The van der Waals surface area contributed by atoms with Gasteiger partial charge in [-0.2, -0.15) is 8.42 Å². The lowest BCUT2D eigenvalue weighted by molar-refractivity contribution is 0.469. The van der Waals surface area contributed by atoms with E-state index in [0.29, 0.717) is 5.58 Å². The number of benzene rings is 1. The molecule has 0 radical (unpaired) electrons. The SMILES string of the molecule is Cc1ccc2c(=O)c(OS(C)(=O)=O)c(-c3ccco3)oc2c1. The van der Waals surface area contributed by atoms with Gasteiger partial charge in [-0.3, -0.25) is 4.79 Å². The number of furan rings is 1. The first-order valence-electron chi connectivity index (χ1n) is 6.36. The Morgan fingerprint density at radius 3 is 2.59 bits per heavy atom. The summed E-state index contributed by atoms with van der Waals surface area (Å²) in [5, 5.41) is 0.236. The van der Waals surface area contributed by atoms with Crippen molar-refractivity contribution in [1.82, 2.24) is 0 Å². The third-order valence-electron chi connectivity index (χ3n) is 2.99. The second-order valence-electron chi connectivity index (χ2n) is 4.85. The van der Waals surface area contributed by atoms with E-state index in [2.05, 4.69) is 0 Å². The molecule has 114 valence electrons. The van der Waals surface area contributed by atoms with Crippen LogP contribution in [0.2, 0.25) is 0 Å². The van der Waals surface area contributed by atoms with Crippen molar-refractivity contribution in [1.29, 1.82) is 0 Å². The summed E-state index contributed by atoms with van der Waals surface area (Å²) < 4.78 is 38.6. The van der Waals surface area contributed by atoms with Gasteiger partial charge < -0.3 is 13.0 Å². The first kappa shape index (κ1) is 14.4. The fraction of sp³-hybridized carbons (Fsp3) is 0.133. The van der Waals surface area contributed by atoms with E-state index in [1.165, 1.54) is 6.26 Å². The van der Waals surface area contributed by atoms with E-state index < -0.39 is 21.3 Å². The van der Waals surface area contributed by atoms with Crippen LogP contribution >= 0.6 is 0 Å². The van der Waals surface area contributed by atoms with E-state index in [9.17, 15) is 13.2 Å². The molecule has 0 aliphatic rings. The van der Waals surface area contributed by atoms with Gasteiger partial charge in [-0.05, 0) is 36.8 Å². The van der Waals surface area contributed by atoms with Crippen molar-refractivity contribution in [2.45, 2.75) is 6.92 Å². The largest absolute Gasteiger partial charge is 0.461 e. The average molecular weight is 320 g/mol. The first-order chi connectivity index (χ1) is 10.3. The van der Waals surface area contributed by atoms with Gasteiger partial charge >= 0.3 is 10.1 Å². The Morgan fingerprint density at radius 1 is 1.18 bits per heavy atom. The smallest absolute Gasteiger partial charge is 0.306 e. The zero-order valence-corrected chi connectivity index (χ0v) is 12.6. The van der Waals surface area contributed by atoms with Crippen molar-refractivity contribution in [2.24, 2.45) is 0 Å². The van der Waals surface area contributed by atoms with Gasteiger partial charge in [0, 0.05) is 0 Å². The van der Waals surface area contributed by atoms with Crippen molar-refractivity contribution in [2.75, 3.05) is 6.26 Å². The fourth-order valence-corrected chi connectivity index (χ4v) is 2.53. The van der Waals surface area contributed by atoms with E-state index in [-0.39, 0.29) is 16.9 Å². The summed E-state index contributed by atoms with van der Waals surface area (Å²) >= 11 is 0. The highest BCUT2D eigenvalue weighted by Gasteiger charge is 2.22. The van der Waals surface area contributed by atoms with E-state index in [0.717, 1.165) is 11.8 Å². The highest BCUT2D eigenvalue weighted by Crippen LogP contribution is 2.32. The topological polar surface area (TPSA) is 86.7 Å². The molecule has 0 bridgehead atoms. The summed E-state index contributed by atoms with van der Waals surface area (Å²) in [5.74, 6) is -0.258. The van der Waals surface area contributed by atoms with Crippen LogP contribution in [0.4, 0.5) is 0 Å². The predicted molar refractivity (Wildman–Crippen MR) is 80.4 cm³/mol. The van der Waals surface area contributed by atoms with E-state index >= 15 is 0 Å². The molecule has 0 N–H and O–H groups in total. The molecule has 6 nitrogen and oxygen atoms in total. The second kappa shape index (κ2) is 5.03. The number of fused-ring (bicyclic) bond motifs is 1. The molecule has 0 unspecified atom stereocenters. The van der Waals surface area contributed by atoms with Crippen LogP contribution in [0, 0.1) is 6.92 Å². The molecule has 3 aromatic rings. The maximum absolute atomic E-state index is 12.5. The lowest BCUT2D eigenvalue weighted by atomic mass is 10.1. The number of hydrogen-bond acceptors (Lipinski definition) is 6. The van der Waals surface area contributed by atoms with Gasteiger partial charge in [0.15, 0.2) is 5.76 Å². The summed E-state index contributed by atoms with van der Waals surface area (Å²) in [6, 6.07) is 8.13. The van der Waals surface area contributed by atoms with Gasteiger partial charge in [-0.1, -0.05) is 6.07 Å². The monoisotopic (exact) mass is 320 g/mol. The van der Waals surface area contributed by atoms with Crippen LogP contribution in [0.5, 0.6) is 5.75 Å². The zero-order valence-electron chi connectivity index (χ0n) is 11.8. The summed E-state index contributed by atoms with van der Waals surface area (Å²) in [6.07, 6.45) is 2.25. The molecule has 0 amide bonds. The lowest BCUT2D eigenvalue weighted by Crippen LogP contribution is -2.15. The van der Waals surface area contributed by atoms with Crippen LogP contribution in [0.3, 0.4) is 0 Å². The van der Waals surface area contributed by atoms with Crippen molar-refractivity contribution < 1.29 is 21.4 Å². The Bertz CT molecular complexity index is 996. The molecule has 1 aromatic carbocycles. The van der Waals surface area contributed by atoms with E-state index in [1.54, 1.807) is 30.3 Å². The van der Waals surface area contributed by atoms with Crippen molar-refractivity contribution in [3.05, 3.63) is 52.4 Å². The van der Waals surface area contributed by atoms with Crippen LogP contribution in [0.15, 0.2) is 50.2 Å². The Morgan fingerprint density at radius 2 is 1.95 bits per heavy atom. The Kier molecular flexibility index (Phi) is 3.29. The van der Waals surface area contributed by atoms with Gasteiger partial charge in [0.1, 0.15) is 5.58 Å². The van der Waals surface area contributed by atoms with Gasteiger partial charge in [0.25, 0.3) is 0 Å².